The fraction of sp³-hybridized carbons (Fsp3) is 0.550. The summed E-state index contributed by atoms with van der Waals surface area (Å²) in [6.07, 6.45) is 4.00. The molecule has 0 bridgehead atoms. The average molecular weight is 327 g/mol. The van der Waals surface area contributed by atoms with Gasteiger partial charge in [0, 0.05) is 24.1 Å². The van der Waals surface area contributed by atoms with E-state index in [1.54, 1.807) is 4.90 Å². The lowest BCUT2D eigenvalue weighted by molar-refractivity contribution is 0.0197. The lowest BCUT2D eigenvalue weighted by Gasteiger charge is -2.32. The summed E-state index contributed by atoms with van der Waals surface area (Å²) in [6, 6.07) is 8.03. The zero-order chi connectivity index (χ0) is 17.2. The van der Waals surface area contributed by atoms with Gasteiger partial charge in [-0.3, -0.25) is 0 Å². The van der Waals surface area contributed by atoms with E-state index < -0.39 is 5.60 Å². The number of aliphatic hydroxyl groups is 1. The Bertz CT molecular complexity index is 675. The summed E-state index contributed by atoms with van der Waals surface area (Å²) in [5.74, 6) is 6.31. The third kappa shape index (κ3) is 3.27. The van der Waals surface area contributed by atoms with E-state index in [4.69, 9.17) is 4.74 Å². The molecule has 0 radical (unpaired) electrons. The first kappa shape index (κ1) is 16.9. The van der Waals surface area contributed by atoms with Crippen molar-refractivity contribution in [3.63, 3.8) is 0 Å². The van der Waals surface area contributed by atoms with Crippen LogP contribution >= 0.6 is 0 Å². The van der Waals surface area contributed by atoms with Crippen LogP contribution in [0, 0.1) is 24.7 Å². The zero-order valence-electron chi connectivity index (χ0n) is 14.4. The van der Waals surface area contributed by atoms with Gasteiger partial charge in [-0.05, 0) is 50.3 Å². The van der Waals surface area contributed by atoms with Gasteiger partial charge >= 0.3 is 6.09 Å². The molecule has 1 heterocycles. The number of hydrogen-bond acceptors (Lipinski definition) is 3. The summed E-state index contributed by atoms with van der Waals surface area (Å²) in [6.45, 7) is 2.67. The number of hydrogen-bond donors (Lipinski definition) is 1. The van der Waals surface area contributed by atoms with Crippen molar-refractivity contribution in [3.8, 4) is 11.8 Å². The molecule has 2 aliphatic rings. The van der Waals surface area contributed by atoms with Gasteiger partial charge in [0.25, 0.3) is 0 Å². The number of carbonyl (C=O) groups excluding carboxylic acids is 1. The molecule has 4 heteroatoms. The van der Waals surface area contributed by atoms with Crippen LogP contribution in [0.5, 0.6) is 0 Å². The second-order valence-electron chi connectivity index (χ2n) is 6.92. The standard InChI is InChI=1S/C20H25NO3/c1-15-6-5-7-16(14-15)9-12-20(23)11-4-3-8-18-17(20)10-13-21(18)19(22)24-2/h5-7,14,17-18,23H,3-4,8,10-11,13H2,1-2H3/t17-,18+,20?/m1/s1. The van der Waals surface area contributed by atoms with E-state index in [1.165, 1.54) is 7.11 Å². The third-order valence-electron chi connectivity index (χ3n) is 5.32. The SMILES string of the molecule is COC(=O)N1CC[C@@H]2[C@@H]1CCCCC2(O)C#Cc1cccc(C)c1. The summed E-state index contributed by atoms with van der Waals surface area (Å²) in [5, 5.41) is 11.3. The Kier molecular flexibility index (Phi) is 4.82. The maximum Gasteiger partial charge on any atom is 0.409 e. The van der Waals surface area contributed by atoms with E-state index in [-0.39, 0.29) is 18.1 Å². The second-order valence-corrected chi connectivity index (χ2v) is 6.92. The summed E-state index contributed by atoms with van der Waals surface area (Å²) in [4.78, 5) is 13.8. The van der Waals surface area contributed by atoms with Crippen LogP contribution in [0.1, 0.15) is 43.2 Å². The zero-order valence-corrected chi connectivity index (χ0v) is 14.4. The Morgan fingerprint density at radius 2 is 2.21 bits per heavy atom. The summed E-state index contributed by atoms with van der Waals surface area (Å²) < 4.78 is 4.90. The molecule has 1 amide bonds. The van der Waals surface area contributed by atoms with Gasteiger partial charge in [0.2, 0.25) is 0 Å². The van der Waals surface area contributed by atoms with Crippen molar-refractivity contribution < 1.29 is 14.6 Å². The number of nitrogens with zero attached hydrogens (tertiary/aromatic N) is 1. The van der Waals surface area contributed by atoms with Crippen LogP contribution in [-0.2, 0) is 4.74 Å². The Hall–Kier alpha value is -1.99. The summed E-state index contributed by atoms with van der Waals surface area (Å²) in [5.41, 5.74) is 1.05. The molecule has 24 heavy (non-hydrogen) atoms. The number of carbonyl (C=O) groups is 1. The topological polar surface area (TPSA) is 49.8 Å². The monoisotopic (exact) mass is 327 g/mol. The number of ether oxygens (including phenoxy) is 1. The Balaban J connectivity index is 1.87. The van der Waals surface area contributed by atoms with Gasteiger partial charge < -0.3 is 14.7 Å². The van der Waals surface area contributed by atoms with Gasteiger partial charge in [0.05, 0.1) is 7.11 Å². The van der Waals surface area contributed by atoms with Gasteiger partial charge in [-0.2, -0.15) is 0 Å². The van der Waals surface area contributed by atoms with E-state index in [1.807, 2.05) is 31.2 Å². The van der Waals surface area contributed by atoms with Gasteiger partial charge in [0.1, 0.15) is 5.60 Å². The van der Waals surface area contributed by atoms with Gasteiger partial charge in [-0.15, -0.1) is 0 Å². The molecule has 2 fully saturated rings. The second kappa shape index (κ2) is 6.86. The van der Waals surface area contributed by atoms with E-state index in [0.717, 1.165) is 36.8 Å². The highest BCUT2D eigenvalue weighted by atomic mass is 16.5. The lowest BCUT2D eigenvalue weighted by atomic mass is 9.81. The van der Waals surface area contributed by atoms with Crippen LogP contribution in [0.4, 0.5) is 4.79 Å². The predicted octanol–water partition coefficient (Wildman–Crippen LogP) is 3.11. The maximum atomic E-state index is 12.0. The van der Waals surface area contributed by atoms with E-state index in [0.29, 0.717) is 13.0 Å². The smallest absolute Gasteiger partial charge is 0.409 e. The summed E-state index contributed by atoms with van der Waals surface area (Å²) in [7, 11) is 1.41. The minimum atomic E-state index is -1.03. The van der Waals surface area contributed by atoms with E-state index in [9.17, 15) is 9.90 Å². The van der Waals surface area contributed by atoms with Crippen molar-refractivity contribution in [3.05, 3.63) is 35.4 Å². The molecule has 1 saturated heterocycles. The van der Waals surface area contributed by atoms with Crippen molar-refractivity contribution in [2.24, 2.45) is 5.92 Å². The fourth-order valence-corrected chi connectivity index (χ4v) is 4.10. The average Bonchev–Trinajstić information content (AvgIpc) is 2.94. The number of aryl methyl sites for hydroxylation is 1. The highest BCUT2D eigenvalue weighted by molar-refractivity contribution is 5.68. The molecule has 1 aromatic rings. The van der Waals surface area contributed by atoms with Gasteiger partial charge in [0.15, 0.2) is 0 Å². The molecule has 0 spiro atoms. The quantitative estimate of drug-likeness (QED) is 0.745. The van der Waals surface area contributed by atoms with Crippen LogP contribution in [0.15, 0.2) is 24.3 Å². The molecule has 1 unspecified atom stereocenters. The highest BCUT2D eigenvalue weighted by Gasteiger charge is 2.49. The van der Waals surface area contributed by atoms with Crippen LogP contribution in [0.3, 0.4) is 0 Å². The summed E-state index contributed by atoms with van der Waals surface area (Å²) >= 11 is 0. The molecule has 1 aliphatic carbocycles. The molecular formula is C20H25NO3. The molecule has 4 nitrogen and oxygen atoms in total. The number of benzene rings is 1. The largest absolute Gasteiger partial charge is 0.453 e. The minimum absolute atomic E-state index is 0.00332. The van der Waals surface area contributed by atoms with Gasteiger partial charge in [-0.25, -0.2) is 4.79 Å². The van der Waals surface area contributed by atoms with Crippen molar-refractivity contribution in [1.29, 1.82) is 0 Å². The number of rotatable bonds is 0. The van der Waals surface area contributed by atoms with Crippen LogP contribution < -0.4 is 0 Å². The van der Waals surface area contributed by atoms with Gasteiger partial charge in [-0.1, -0.05) is 30.4 Å². The molecule has 3 rings (SSSR count). The first-order valence-corrected chi connectivity index (χ1v) is 8.70. The number of amides is 1. The first-order valence-electron chi connectivity index (χ1n) is 8.70. The number of likely N-dealkylation sites (tertiary alicyclic amines) is 1. The third-order valence-corrected chi connectivity index (χ3v) is 5.32. The molecule has 1 aromatic carbocycles. The normalized spacial score (nSPS) is 29.2. The predicted molar refractivity (Wildman–Crippen MR) is 92.5 cm³/mol. The highest BCUT2D eigenvalue weighted by Crippen LogP contribution is 2.41. The van der Waals surface area contributed by atoms with Crippen molar-refractivity contribution in [1.82, 2.24) is 4.90 Å². The first-order chi connectivity index (χ1) is 11.5. The molecule has 1 saturated carbocycles. The molecule has 1 N–H and O–H groups in total. The Morgan fingerprint density at radius 3 is 2.96 bits per heavy atom. The Morgan fingerprint density at radius 1 is 1.38 bits per heavy atom. The number of methoxy groups -OCH3 is 1. The maximum absolute atomic E-state index is 12.0. The van der Waals surface area contributed by atoms with E-state index >= 15 is 0 Å². The molecule has 1 aliphatic heterocycles. The molecular weight excluding hydrogens is 302 g/mol. The number of fused-ring (bicyclic) bond motifs is 1. The van der Waals surface area contributed by atoms with E-state index in [2.05, 4.69) is 11.8 Å². The molecule has 128 valence electrons. The molecule has 0 aromatic heterocycles. The van der Waals surface area contributed by atoms with Crippen molar-refractivity contribution in [2.45, 2.75) is 50.7 Å². The Labute approximate surface area is 143 Å². The van der Waals surface area contributed by atoms with Crippen LogP contribution in [0.25, 0.3) is 0 Å². The van der Waals surface area contributed by atoms with Crippen molar-refractivity contribution in [2.75, 3.05) is 13.7 Å². The van der Waals surface area contributed by atoms with Crippen LogP contribution in [-0.4, -0.2) is 41.4 Å². The minimum Gasteiger partial charge on any atom is -0.453 e. The van der Waals surface area contributed by atoms with Crippen molar-refractivity contribution >= 4 is 6.09 Å². The van der Waals surface area contributed by atoms with Crippen LogP contribution in [0.2, 0.25) is 0 Å². The molecule has 3 atom stereocenters. The fourth-order valence-electron chi connectivity index (χ4n) is 4.10. The lowest BCUT2D eigenvalue weighted by Crippen LogP contribution is -2.45.